The van der Waals surface area contributed by atoms with E-state index in [1.807, 2.05) is 31.5 Å². The topological polar surface area (TPSA) is 90.1 Å². The highest BCUT2D eigenvalue weighted by Gasteiger charge is 2.27. The van der Waals surface area contributed by atoms with Crippen LogP contribution in [0.4, 0.5) is 15.0 Å². The summed E-state index contributed by atoms with van der Waals surface area (Å²) in [7, 11) is 0. The molecule has 4 aromatic rings. The molecule has 1 atom stereocenters. The van der Waals surface area contributed by atoms with Gasteiger partial charge in [0.1, 0.15) is 23.6 Å². The lowest BCUT2D eigenvalue weighted by molar-refractivity contribution is 0.0520. The molecular weight excluding hydrogens is 485 g/mol. The molecule has 1 fully saturated rings. The Morgan fingerprint density at radius 1 is 1.18 bits per heavy atom. The summed E-state index contributed by atoms with van der Waals surface area (Å²) in [5.41, 5.74) is 4.41. The van der Waals surface area contributed by atoms with E-state index in [2.05, 4.69) is 43.3 Å². The van der Waals surface area contributed by atoms with Crippen molar-refractivity contribution < 1.29 is 13.9 Å². The number of hydrogen-bond donors (Lipinski definition) is 1. The van der Waals surface area contributed by atoms with Gasteiger partial charge in [-0.25, -0.2) is 14.2 Å². The number of rotatable bonds is 4. The van der Waals surface area contributed by atoms with E-state index in [1.165, 1.54) is 12.1 Å². The van der Waals surface area contributed by atoms with Gasteiger partial charge in [0.15, 0.2) is 5.82 Å². The molecule has 1 saturated heterocycles. The molecule has 10 heteroatoms. The summed E-state index contributed by atoms with van der Waals surface area (Å²) in [6.45, 7) is 8.46. The van der Waals surface area contributed by atoms with Gasteiger partial charge in [-0.15, -0.1) is 10.2 Å². The number of fused-ring (bicyclic) bond motifs is 5. The highest BCUT2D eigenvalue weighted by molar-refractivity contribution is 5.71. The van der Waals surface area contributed by atoms with Gasteiger partial charge < -0.3 is 19.5 Å². The number of ether oxygens (including phenoxy) is 1. The Hall–Kier alpha value is -4.21. The van der Waals surface area contributed by atoms with Crippen molar-refractivity contribution in [1.82, 2.24) is 29.6 Å². The molecule has 0 bridgehead atoms. The second-order valence-corrected chi connectivity index (χ2v) is 10.9. The predicted molar refractivity (Wildman–Crippen MR) is 142 cm³/mol. The first kappa shape index (κ1) is 24.1. The van der Waals surface area contributed by atoms with Gasteiger partial charge in [0, 0.05) is 43.5 Å². The average molecular weight is 516 g/mol. The predicted octanol–water partition coefficient (Wildman–Crippen LogP) is 4.65. The quantitative estimate of drug-likeness (QED) is 0.375. The van der Waals surface area contributed by atoms with E-state index in [9.17, 15) is 9.18 Å². The van der Waals surface area contributed by atoms with E-state index in [1.54, 1.807) is 18.5 Å². The molecule has 2 aliphatic heterocycles. The van der Waals surface area contributed by atoms with Crippen LogP contribution in [0.2, 0.25) is 0 Å². The molecule has 38 heavy (non-hydrogen) atoms. The maximum absolute atomic E-state index is 13.5. The Kier molecular flexibility index (Phi) is 5.89. The Morgan fingerprint density at radius 3 is 2.79 bits per heavy atom. The molecule has 1 aromatic carbocycles. The molecule has 0 aliphatic carbocycles. The zero-order valence-electron chi connectivity index (χ0n) is 21.7. The highest BCUT2D eigenvalue weighted by atomic mass is 19.1. The van der Waals surface area contributed by atoms with Gasteiger partial charge >= 0.3 is 6.09 Å². The number of hydrogen-bond acceptors (Lipinski definition) is 6. The third-order valence-electron chi connectivity index (χ3n) is 6.95. The number of nitrogens with one attached hydrogen (secondary N) is 1. The second-order valence-electron chi connectivity index (χ2n) is 10.9. The summed E-state index contributed by atoms with van der Waals surface area (Å²) in [4.78, 5) is 19.1. The van der Waals surface area contributed by atoms with Gasteiger partial charge in [-0.1, -0.05) is 12.1 Å². The Labute approximate surface area is 220 Å². The van der Waals surface area contributed by atoms with Crippen LogP contribution < -0.4 is 10.2 Å². The van der Waals surface area contributed by atoms with Crippen LogP contribution in [0.15, 0.2) is 55.1 Å². The number of alkyl carbamates (subject to hydrolysis) is 1. The molecule has 0 spiro atoms. The summed E-state index contributed by atoms with van der Waals surface area (Å²) in [5, 5.41) is 11.5. The number of amides is 1. The summed E-state index contributed by atoms with van der Waals surface area (Å²) in [5.74, 6) is 1.71. The van der Waals surface area contributed by atoms with Gasteiger partial charge in [-0.2, -0.15) is 0 Å². The normalized spacial score (nSPS) is 16.4. The lowest BCUT2D eigenvalue weighted by Gasteiger charge is -2.21. The van der Waals surface area contributed by atoms with E-state index in [-0.39, 0.29) is 11.9 Å². The number of halogens is 1. The van der Waals surface area contributed by atoms with Crippen molar-refractivity contribution in [3.8, 4) is 28.3 Å². The fourth-order valence-electron chi connectivity index (χ4n) is 5.14. The largest absolute Gasteiger partial charge is 0.444 e. The van der Waals surface area contributed by atoms with Crippen LogP contribution in [0.5, 0.6) is 0 Å². The lowest BCUT2D eigenvalue weighted by Crippen LogP contribution is -2.36. The van der Waals surface area contributed by atoms with Gasteiger partial charge in [-0.3, -0.25) is 4.57 Å². The second kappa shape index (κ2) is 9.27. The van der Waals surface area contributed by atoms with Crippen molar-refractivity contribution in [3.05, 3.63) is 66.5 Å². The van der Waals surface area contributed by atoms with Gasteiger partial charge in [-0.05, 0) is 62.9 Å². The Balaban J connectivity index is 1.23. The van der Waals surface area contributed by atoms with Crippen molar-refractivity contribution in [1.29, 1.82) is 0 Å². The summed E-state index contributed by atoms with van der Waals surface area (Å²) in [6, 6.07) is 10.7. The summed E-state index contributed by atoms with van der Waals surface area (Å²) in [6.07, 6.45) is 6.25. The molecule has 3 aromatic heterocycles. The first-order valence-corrected chi connectivity index (χ1v) is 12.8. The minimum absolute atomic E-state index is 0.256. The van der Waals surface area contributed by atoms with Crippen LogP contribution in [-0.4, -0.2) is 55.6 Å². The highest BCUT2D eigenvalue weighted by Crippen LogP contribution is 2.35. The minimum atomic E-state index is -0.512. The molecule has 2 aliphatic rings. The molecule has 1 amide bonds. The minimum Gasteiger partial charge on any atom is -0.444 e. The van der Waals surface area contributed by atoms with Crippen LogP contribution in [0, 0.1) is 11.7 Å². The van der Waals surface area contributed by atoms with Gasteiger partial charge in [0.25, 0.3) is 0 Å². The van der Waals surface area contributed by atoms with Crippen LogP contribution in [-0.2, 0) is 11.3 Å². The Bertz CT molecular complexity index is 1490. The molecule has 196 valence electrons. The van der Waals surface area contributed by atoms with Crippen LogP contribution in [0.1, 0.15) is 32.8 Å². The number of aromatic nitrogens is 5. The third-order valence-corrected chi connectivity index (χ3v) is 6.95. The molecular formula is C28H30FN7O2. The van der Waals surface area contributed by atoms with Crippen LogP contribution in [0.3, 0.4) is 0 Å². The zero-order valence-corrected chi connectivity index (χ0v) is 21.7. The van der Waals surface area contributed by atoms with E-state index >= 15 is 0 Å². The van der Waals surface area contributed by atoms with E-state index < -0.39 is 5.60 Å². The average Bonchev–Trinajstić information content (AvgIpc) is 3.61. The molecule has 1 N–H and O–H groups in total. The SMILES string of the molecule is CC(C)(C)OC(=O)NC[C@@H]1CCN(c2cc3c(cn2)-n2cnnc2-c2cc(-c4ccc(F)cc4)cn2C3)C1. The number of pyridine rings is 1. The maximum Gasteiger partial charge on any atom is 0.407 e. The van der Waals surface area contributed by atoms with Crippen molar-refractivity contribution in [3.63, 3.8) is 0 Å². The summed E-state index contributed by atoms with van der Waals surface area (Å²) >= 11 is 0. The van der Waals surface area contributed by atoms with E-state index in [0.717, 1.165) is 59.2 Å². The summed E-state index contributed by atoms with van der Waals surface area (Å²) < 4.78 is 23.0. The molecule has 0 radical (unpaired) electrons. The number of nitrogens with zero attached hydrogens (tertiary/aromatic N) is 6. The first-order valence-electron chi connectivity index (χ1n) is 12.8. The van der Waals surface area contributed by atoms with E-state index in [4.69, 9.17) is 9.72 Å². The van der Waals surface area contributed by atoms with Crippen LogP contribution in [0.25, 0.3) is 28.3 Å². The number of anilines is 1. The fourth-order valence-corrected chi connectivity index (χ4v) is 5.14. The van der Waals surface area contributed by atoms with Crippen molar-refractivity contribution >= 4 is 11.9 Å². The van der Waals surface area contributed by atoms with Gasteiger partial charge in [0.05, 0.1) is 17.6 Å². The molecule has 5 heterocycles. The fraction of sp³-hybridized carbons (Fsp3) is 0.357. The molecule has 0 unspecified atom stereocenters. The zero-order chi connectivity index (χ0) is 26.4. The monoisotopic (exact) mass is 515 g/mol. The molecule has 0 saturated carbocycles. The van der Waals surface area contributed by atoms with E-state index in [0.29, 0.717) is 19.0 Å². The first-order chi connectivity index (χ1) is 18.2. The van der Waals surface area contributed by atoms with Gasteiger partial charge in [0.2, 0.25) is 0 Å². The van der Waals surface area contributed by atoms with Crippen molar-refractivity contribution in [2.24, 2.45) is 5.92 Å². The standard InChI is InChI=1S/C28H30FN7O2/c1-28(2,3)38-27(37)31-12-18-8-9-34(14-18)25-11-21-16-35-15-20(19-4-6-22(29)7-5-19)10-23(35)26-33-32-17-36(26)24(21)13-30-25/h4-7,10-11,13,15,17-18H,8-9,12,14,16H2,1-3H3,(H,31,37)/t18-/m0/s1. The van der Waals surface area contributed by atoms with Crippen molar-refractivity contribution in [2.75, 3.05) is 24.5 Å². The van der Waals surface area contributed by atoms with Crippen LogP contribution >= 0.6 is 0 Å². The molecule has 9 nitrogen and oxygen atoms in total. The number of benzene rings is 1. The maximum atomic E-state index is 13.5. The van der Waals surface area contributed by atoms with Crippen molar-refractivity contribution in [2.45, 2.75) is 39.3 Å². The molecule has 6 rings (SSSR count). The third kappa shape index (κ3) is 4.73. The smallest absolute Gasteiger partial charge is 0.407 e. The number of carbonyl (C=O) groups excluding carboxylic acids is 1. The Morgan fingerprint density at radius 2 is 2.00 bits per heavy atom. The number of carbonyl (C=O) groups is 1. The lowest BCUT2D eigenvalue weighted by atomic mass is 10.1.